The van der Waals surface area contributed by atoms with Gasteiger partial charge in [0.2, 0.25) is 6.10 Å². The van der Waals surface area contributed by atoms with Gasteiger partial charge in [0.1, 0.15) is 11.1 Å². The van der Waals surface area contributed by atoms with Gasteiger partial charge in [-0.25, -0.2) is 8.42 Å². The molecule has 2 atom stereocenters. The third-order valence-electron chi connectivity index (χ3n) is 4.49. The summed E-state index contributed by atoms with van der Waals surface area (Å²) in [6, 6.07) is 13.4. The van der Waals surface area contributed by atoms with Crippen molar-refractivity contribution in [2.75, 3.05) is 6.54 Å². The quantitative estimate of drug-likeness (QED) is 0.680. The van der Waals surface area contributed by atoms with E-state index in [0.29, 0.717) is 13.0 Å². The fraction of sp³-hybridized carbons (Fsp3) is 0.238. The molecule has 1 N–H and O–H groups in total. The second-order valence-corrected chi connectivity index (χ2v) is 8.60. The standard InChI is InChI=1S/C21H20F3NO3S/c1-2-20(25-13-12-15-6-4-3-5-7-15)29(26,27)17-9-10-18-16(14-17)8-11-19(28-18)21(22,23)24/h2-11,14,19-20,25H,1,12-13H2. The van der Waals surface area contributed by atoms with Gasteiger partial charge in [0.05, 0.1) is 4.90 Å². The van der Waals surface area contributed by atoms with E-state index in [2.05, 4.69) is 11.9 Å². The highest BCUT2D eigenvalue weighted by molar-refractivity contribution is 7.92. The Kier molecular flexibility index (Phi) is 6.14. The van der Waals surface area contributed by atoms with Gasteiger partial charge in [-0.1, -0.05) is 42.5 Å². The molecule has 1 aliphatic heterocycles. The Labute approximate surface area is 167 Å². The first-order valence-electron chi connectivity index (χ1n) is 8.91. The van der Waals surface area contributed by atoms with Crippen molar-refractivity contribution in [2.24, 2.45) is 0 Å². The maximum atomic E-state index is 12.9. The lowest BCUT2D eigenvalue weighted by molar-refractivity contribution is -0.180. The summed E-state index contributed by atoms with van der Waals surface area (Å²) < 4.78 is 69.2. The molecule has 0 saturated heterocycles. The molecule has 2 unspecified atom stereocenters. The minimum absolute atomic E-state index is 0.0130. The van der Waals surface area contributed by atoms with E-state index in [4.69, 9.17) is 4.74 Å². The molecule has 0 amide bonds. The van der Waals surface area contributed by atoms with E-state index < -0.39 is 27.5 Å². The Morgan fingerprint density at radius 3 is 2.55 bits per heavy atom. The number of hydrogen-bond donors (Lipinski definition) is 1. The van der Waals surface area contributed by atoms with E-state index in [-0.39, 0.29) is 16.2 Å². The molecule has 154 valence electrons. The fourth-order valence-electron chi connectivity index (χ4n) is 2.95. The number of nitrogens with one attached hydrogen (secondary N) is 1. The number of halogens is 3. The van der Waals surface area contributed by atoms with E-state index in [1.807, 2.05) is 30.3 Å². The van der Waals surface area contributed by atoms with Crippen LogP contribution in [0.3, 0.4) is 0 Å². The molecule has 0 bridgehead atoms. The second kappa shape index (κ2) is 8.42. The second-order valence-electron chi connectivity index (χ2n) is 6.53. The Morgan fingerprint density at radius 2 is 1.90 bits per heavy atom. The van der Waals surface area contributed by atoms with Crippen molar-refractivity contribution in [1.29, 1.82) is 0 Å². The van der Waals surface area contributed by atoms with E-state index >= 15 is 0 Å². The van der Waals surface area contributed by atoms with Gasteiger partial charge >= 0.3 is 6.18 Å². The van der Waals surface area contributed by atoms with Crippen LogP contribution in [0.2, 0.25) is 0 Å². The molecule has 4 nitrogen and oxygen atoms in total. The van der Waals surface area contributed by atoms with Crippen LogP contribution in [0.1, 0.15) is 11.1 Å². The highest BCUT2D eigenvalue weighted by atomic mass is 32.2. The monoisotopic (exact) mass is 423 g/mol. The van der Waals surface area contributed by atoms with E-state index in [9.17, 15) is 21.6 Å². The zero-order chi connectivity index (χ0) is 21.1. The molecule has 1 aliphatic rings. The highest BCUT2D eigenvalue weighted by Gasteiger charge is 2.41. The van der Waals surface area contributed by atoms with Crippen molar-refractivity contribution in [3.8, 4) is 5.75 Å². The van der Waals surface area contributed by atoms with Crippen molar-refractivity contribution >= 4 is 15.9 Å². The Hall–Kier alpha value is -2.58. The summed E-state index contributed by atoms with van der Waals surface area (Å²) >= 11 is 0. The molecule has 3 rings (SSSR count). The van der Waals surface area contributed by atoms with Crippen LogP contribution in [0.4, 0.5) is 13.2 Å². The third kappa shape index (κ3) is 4.89. The summed E-state index contributed by atoms with van der Waals surface area (Å²) in [6.45, 7) is 4.02. The first-order valence-corrected chi connectivity index (χ1v) is 10.5. The van der Waals surface area contributed by atoms with Gasteiger partial charge in [-0.3, -0.25) is 5.32 Å². The summed E-state index contributed by atoms with van der Waals surface area (Å²) in [4.78, 5) is -0.0212. The Bertz CT molecular complexity index is 1000. The molecule has 2 aromatic rings. The van der Waals surface area contributed by atoms with Crippen molar-refractivity contribution < 1.29 is 26.3 Å². The molecule has 0 fully saturated rings. The predicted molar refractivity (Wildman–Crippen MR) is 105 cm³/mol. The number of sulfone groups is 1. The third-order valence-corrected chi connectivity index (χ3v) is 6.43. The predicted octanol–water partition coefficient (Wildman–Crippen LogP) is 4.14. The lowest BCUT2D eigenvalue weighted by atomic mass is 10.1. The summed E-state index contributed by atoms with van der Waals surface area (Å²) in [5, 5.41) is 1.93. The van der Waals surface area contributed by atoms with Gasteiger partial charge < -0.3 is 4.74 Å². The largest absolute Gasteiger partial charge is 0.476 e. The van der Waals surface area contributed by atoms with Crippen LogP contribution >= 0.6 is 0 Å². The Morgan fingerprint density at radius 1 is 1.17 bits per heavy atom. The van der Waals surface area contributed by atoms with Crippen LogP contribution in [-0.2, 0) is 16.3 Å². The maximum absolute atomic E-state index is 12.9. The summed E-state index contributed by atoms with van der Waals surface area (Å²) in [5.74, 6) is -0.0130. The highest BCUT2D eigenvalue weighted by Crippen LogP contribution is 2.34. The normalized spacial score (nSPS) is 17.3. The minimum Gasteiger partial charge on any atom is -0.476 e. The average Bonchev–Trinajstić information content (AvgIpc) is 2.70. The summed E-state index contributed by atoms with van der Waals surface area (Å²) in [6.07, 6.45) is -2.55. The van der Waals surface area contributed by atoms with Crippen molar-refractivity contribution in [3.63, 3.8) is 0 Å². The van der Waals surface area contributed by atoms with Gasteiger partial charge in [0.25, 0.3) is 0 Å². The summed E-state index contributed by atoms with van der Waals surface area (Å²) in [7, 11) is -3.82. The lowest BCUT2D eigenvalue weighted by Crippen LogP contribution is -2.36. The van der Waals surface area contributed by atoms with Crippen molar-refractivity contribution in [3.05, 3.63) is 78.4 Å². The molecule has 8 heteroatoms. The van der Waals surface area contributed by atoms with Gasteiger partial charge in [-0.2, -0.15) is 13.2 Å². The molecular weight excluding hydrogens is 403 g/mol. The average molecular weight is 423 g/mol. The number of rotatable bonds is 7. The maximum Gasteiger partial charge on any atom is 0.429 e. The molecule has 2 aromatic carbocycles. The molecule has 0 aliphatic carbocycles. The van der Waals surface area contributed by atoms with Crippen LogP contribution in [0, 0.1) is 0 Å². The number of fused-ring (bicyclic) bond motifs is 1. The van der Waals surface area contributed by atoms with E-state index in [1.165, 1.54) is 30.4 Å². The van der Waals surface area contributed by atoms with Crippen molar-refractivity contribution in [1.82, 2.24) is 5.32 Å². The van der Waals surface area contributed by atoms with Gasteiger partial charge in [-0.05, 0) is 36.3 Å². The van der Waals surface area contributed by atoms with E-state index in [1.54, 1.807) is 0 Å². The van der Waals surface area contributed by atoms with Gasteiger partial charge in [-0.15, -0.1) is 6.58 Å². The molecule has 0 saturated carbocycles. The van der Waals surface area contributed by atoms with Gasteiger partial charge in [0.15, 0.2) is 9.84 Å². The number of alkyl halides is 3. The fourth-order valence-corrected chi connectivity index (χ4v) is 4.39. The molecule has 0 radical (unpaired) electrons. The zero-order valence-electron chi connectivity index (χ0n) is 15.4. The molecular formula is C21H20F3NO3S. The smallest absolute Gasteiger partial charge is 0.429 e. The molecule has 0 aromatic heterocycles. The van der Waals surface area contributed by atoms with Gasteiger partial charge in [0, 0.05) is 12.1 Å². The molecule has 0 spiro atoms. The topological polar surface area (TPSA) is 55.4 Å². The number of hydrogen-bond acceptors (Lipinski definition) is 4. The van der Waals surface area contributed by atoms with Crippen LogP contribution in [0.25, 0.3) is 6.08 Å². The number of ether oxygens (including phenoxy) is 1. The van der Waals surface area contributed by atoms with E-state index in [0.717, 1.165) is 11.6 Å². The first-order chi connectivity index (χ1) is 13.7. The minimum atomic E-state index is -4.53. The van der Waals surface area contributed by atoms with Crippen LogP contribution in [-0.4, -0.2) is 32.6 Å². The SMILES string of the molecule is C=CC(NCCc1ccccc1)S(=O)(=O)c1ccc2c(c1)C=CC(C(F)(F)F)O2. The lowest BCUT2D eigenvalue weighted by Gasteiger charge is -2.24. The summed E-state index contributed by atoms with van der Waals surface area (Å²) in [5.41, 5.74) is 1.34. The van der Waals surface area contributed by atoms with Crippen molar-refractivity contribution in [2.45, 2.75) is 29.0 Å². The number of benzene rings is 2. The van der Waals surface area contributed by atoms with Crippen LogP contribution in [0.5, 0.6) is 5.75 Å². The Balaban J connectivity index is 1.74. The molecule has 1 heterocycles. The van der Waals surface area contributed by atoms with Crippen LogP contribution < -0.4 is 10.1 Å². The molecule has 29 heavy (non-hydrogen) atoms. The zero-order valence-corrected chi connectivity index (χ0v) is 16.2. The first kappa shape index (κ1) is 21.1. The van der Waals surface area contributed by atoms with Crippen LogP contribution in [0.15, 0.2) is 72.2 Å².